The van der Waals surface area contributed by atoms with Crippen molar-refractivity contribution in [2.45, 2.75) is 37.8 Å². The number of carbonyl (C=O) groups excluding carboxylic acids is 1. The van der Waals surface area contributed by atoms with Gasteiger partial charge < -0.3 is 15.6 Å². The van der Waals surface area contributed by atoms with E-state index in [0.717, 1.165) is 30.7 Å². The highest BCUT2D eigenvalue weighted by atomic mass is 16.5. The molecule has 2 rings (SSSR count). The smallest absolute Gasteiger partial charge is 0.234 e. The Kier molecular flexibility index (Phi) is 1.81. The van der Waals surface area contributed by atoms with Crippen LogP contribution in [0.4, 0.5) is 0 Å². The second kappa shape index (κ2) is 2.71. The first kappa shape index (κ1) is 8.01. The maximum Gasteiger partial charge on any atom is 0.234 e. The number of amides is 1. The average molecular weight is 169 g/mol. The third-order valence-electron chi connectivity index (χ3n) is 2.82. The second-order valence-electron chi connectivity index (χ2n) is 3.68. The van der Waals surface area contributed by atoms with E-state index in [0.29, 0.717) is 0 Å². The standard InChI is InChI=1S/C8H13N2O2/c11-7-6-10(12)8(9-7)4-2-1-3-5-8/h1-6H2,(H,9,11)/q-1. The molecule has 4 heteroatoms. The molecule has 0 aromatic rings. The summed E-state index contributed by atoms with van der Waals surface area (Å²) in [6.07, 6.45) is 4.94. The van der Waals surface area contributed by atoms with Crippen molar-refractivity contribution < 1.29 is 4.79 Å². The van der Waals surface area contributed by atoms with Gasteiger partial charge in [0.1, 0.15) is 0 Å². The minimum Gasteiger partial charge on any atom is -0.783 e. The van der Waals surface area contributed by atoms with Gasteiger partial charge in [0, 0.05) is 0 Å². The molecule has 2 aliphatic rings. The Morgan fingerprint density at radius 3 is 2.50 bits per heavy atom. The quantitative estimate of drug-likeness (QED) is 0.577. The number of carbonyl (C=O) groups is 1. The van der Waals surface area contributed by atoms with Gasteiger partial charge in [-0.1, -0.05) is 6.42 Å². The van der Waals surface area contributed by atoms with Gasteiger partial charge in [-0.15, -0.1) is 0 Å². The molecule has 0 unspecified atom stereocenters. The Morgan fingerprint density at radius 1 is 1.33 bits per heavy atom. The zero-order valence-corrected chi connectivity index (χ0v) is 7.01. The number of hydrogen-bond donors (Lipinski definition) is 1. The van der Waals surface area contributed by atoms with Gasteiger partial charge in [-0.2, -0.15) is 0 Å². The lowest BCUT2D eigenvalue weighted by atomic mass is 9.89. The normalized spacial score (nSPS) is 29.2. The first-order chi connectivity index (χ1) is 5.73. The van der Waals surface area contributed by atoms with E-state index in [4.69, 9.17) is 0 Å². The van der Waals surface area contributed by atoms with Gasteiger partial charge in [0.2, 0.25) is 5.91 Å². The van der Waals surface area contributed by atoms with Crippen LogP contribution in [-0.4, -0.2) is 23.2 Å². The zero-order chi connectivity index (χ0) is 8.60. The summed E-state index contributed by atoms with van der Waals surface area (Å²) in [4.78, 5) is 11.0. The first-order valence-electron chi connectivity index (χ1n) is 4.49. The van der Waals surface area contributed by atoms with E-state index in [9.17, 15) is 10.0 Å². The Balaban J connectivity index is 2.13. The Hall–Kier alpha value is -0.610. The maximum absolute atomic E-state index is 11.4. The summed E-state index contributed by atoms with van der Waals surface area (Å²) in [5.41, 5.74) is -0.519. The zero-order valence-electron chi connectivity index (χ0n) is 7.01. The molecule has 0 bridgehead atoms. The van der Waals surface area contributed by atoms with Gasteiger partial charge in [0.05, 0.1) is 12.2 Å². The highest BCUT2D eigenvalue weighted by molar-refractivity contribution is 5.81. The van der Waals surface area contributed by atoms with Crippen LogP contribution in [0, 0.1) is 5.21 Å². The van der Waals surface area contributed by atoms with Crippen molar-refractivity contribution in [2.75, 3.05) is 6.54 Å². The number of hydrogen-bond acceptors (Lipinski definition) is 3. The van der Waals surface area contributed by atoms with Gasteiger partial charge in [-0.05, 0) is 25.7 Å². The highest BCUT2D eigenvalue weighted by Crippen LogP contribution is 2.33. The van der Waals surface area contributed by atoms with Gasteiger partial charge in [0.25, 0.3) is 0 Å². The highest BCUT2D eigenvalue weighted by Gasteiger charge is 2.39. The SMILES string of the molecule is O=C1CN([O-])C2(CCCCC2)N1. The largest absolute Gasteiger partial charge is 0.783 e. The molecule has 0 atom stereocenters. The third-order valence-corrected chi connectivity index (χ3v) is 2.82. The Morgan fingerprint density at radius 2 is 2.00 bits per heavy atom. The minimum absolute atomic E-state index is 0.0278. The molecule has 4 nitrogen and oxygen atoms in total. The molecule has 0 radical (unpaired) electrons. The van der Waals surface area contributed by atoms with Crippen LogP contribution in [0.1, 0.15) is 32.1 Å². The second-order valence-corrected chi connectivity index (χ2v) is 3.68. The summed E-state index contributed by atoms with van der Waals surface area (Å²) in [5, 5.41) is 15.1. The van der Waals surface area contributed by atoms with Crippen molar-refractivity contribution in [2.24, 2.45) is 0 Å². The Bertz CT molecular complexity index is 199. The number of rotatable bonds is 0. The van der Waals surface area contributed by atoms with Crippen LogP contribution in [-0.2, 0) is 4.79 Å². The van der Waals surface area contributed by atoms with Crippen LogP contribution in [0.25, 0.3) is 0 Å². The van der Waals surface area contributed by atoms with Crippen molar-refractivity contribution in [1.29, 1.82) is 0 Å². The van der Waals surface area contributed by atoms with Crippen molar-refractivity contribution in [1.82, 2.24) is 10.4 Å². The van der Waals surface area contributed by atoms with Gasteiger partial charge >= 0.3 is 0 Å². The van der Waals surface area contributed by atoms with Crippen LogP contribution in [0.2, 0.25) is 0 Å². The Labute approximate surface area is 71.5 Å². The molecule has 1 amide bonds. The molecule has 0 aromatic heterocycles. The number of hydroxylamine groups is 2. The van der Waals surface area contributed by atoms with Crippen LogP contribution in [0.3, 0.4) is 0 Å². The molecule has 1 heterocycles. The van der Waals surface area contributed by atoms with Crippen LogP contribution in [0.5, 0.6) is 0 Å². The molecule has 1 saturated carbocycles. The van der Waals surface area contributed by atoms with Crippen LogP contribution < -0.4 is 5.32 Å². The predicted octanol–water partition coefficient (Wildman–Crippen LogP) is 0.576. The molecule has 1 aliphatic carbocycles. The molecule has 1 aliphatic heterocycles. The van der Waals surface area contributed by atoms with Crippen LogP contribution >= 0.6 is 0 Å². The summed E-state index contributed by atoms with van der Waals surface area (Å²) < 4.78 is 0. The van der Waals surface area contributed by atoms with Gasteiger partial charge in [-0.3, -0.25) is 4.79 Å². The molecule has 12 heavy (non-hydrogen) atoms. The lowest BCUT2D eigenvalue weighted by Gasteiger charge is -2.44. The van der Waals surface area contributed by atoms with Crippen molar-refractivity contribution in [3.8, 4) is 0 Å². The van der Waals surface area contributed by atoms with E-state index < -0.39 is 5.66 Å². The average Bonchev–Trinajstić information content (AvgIpc) is 2.29. The molecule has 1 spiro atoms. The van der Waals surface area contributed by atoms with Gasteiger partial charge in [-0.25, -0.2) is 0 Å². The lowest BCUT2D eigenvalue weighted by molar-refractivity contribution is -0.119. The van der Waals surface area contributed by atoms with E-state index >= 15 is 0 Å². The monoisotopic (exact) mass is 169 g/mol. The molecule has 68 valence electrons. The lowest BCUT2D eigenvalue weighted by Crippen LogP contribution is -2.50. The molecular formula is C8H13N2O2-. The minimum atomic E-state index is -0.519. The topological polar surface area (TPSA) is 55.4 Å². The number of nitrogens with one attached hydrogen (secondary N) is 1. The summed E-state index contributed by atoms with van der Waals surface area (Å²) in [7, 11) is 0. The fourth-order valence-electron chi connectivity index (χ4n) is 2.15. The third kappa shape index (κ3) is 1.11. The van der Waals surface area contributed by atoms with Crippen molar-refractivity contribution in [3.63, 3.8) is 0 Å². The molecule has 1 saturated heterocycles. The fourth-order valence-corrected chi connectivity index (χ4v) is 2.15. The number of nitrogens with zero attached hydrogens (tertiary/aromatic N) is 1. The van der Waals surface area contributed by atoms with Crippen LogP contribution in [0.15, 0.2) is 0 Å². The molecule has 2 fully saturated rings. The van der Waals surface area contributed by atoms with E-state index in [2.05, 4.69) is 5.32 Å². The summed E-state index contributed by atoms with van der Waals surface area (Å²) in [6.45, 7) is 0.0278. The molecule has 0 aromatic carbocycles. The maximum atomic E-state index is 11.4. The van der Waals surface area contributed by atoms with E-state index in [1.54, 1.807) is 0 Å². The van der Waals surface area contributed by atoms with Crippen molar-refractivity contribution >= 4 is 5.91 Å². The summed E-state index contributed by atoms with van der Waals surface area (Å²) >= 11 is 0. The molecule has 1 N–H and O–H groups in total. The predicted molar refractivity (Wildman–Crippen MR) is 44.0 cm³/mol. The first-order valence-corrected chi connectivity index (χ1v) is 4.49. The molecular weight excluding hydrogens is 156 g/mol. The summed E-state index contributed by atoms with van der Waals surface area (Å²) in [5.74, 6) is -0.119. The van der Waals surface area contributed by atoms with Gasteiger partial charge in [0.15, 0.2) is 0 Å². The summed E-state index contributed by atoms with van der Waals surface area (Å²) in [6, 6.07) is 0. The van der Waals surface area contributed by atoms with E-state index in [-0.39, 0.29) is 12.5 Å². The van der Waals surface area contributed by atoms with E-state index in [1.165, 1.54) is 6.42 Å². The fraction of sp³-hybridized carbons (Fsp3) is 0.875. The van der Waals surface area contributed by atoms with E-state index in [1.807, 2.05) is 0 Å². The van der Waals surface area contributed by atoms with Crippen molar-refractivity contribution in [3.05, 3.63) is 5.21 Å².